The van der Waals surface area contributed by atoms with E-state index in [4.69, 9.17) is 4.74 Å². The van der Waals surface area contributed by atoms with Crippen LogP contribution in [0.3, 0.4) is 0 Å². The fraction of sp³-hybridized carbons (Fsp3) is 0.400. The molecule has 2 heterocycles. The summed E-state index contributed by atoms with van der Waals surface area (Å²) in [6.07, 6.45) is 2.57. The number of amides is 2. The number of hydrogen-bond donors (Lipinski definition) is 1. The molecule has 1 aromatic carbocycles. The molecule has 0 unspecified atom stereocenters. The number of nitrogens with one attached hydrogen (secondary N) is 1. The number of methoxy groups -OCH3 is 1. The Morgan fingerprint density at radius 3 is 2.90 bits per heavy atom. The van der Waals surface area contributed by atoms with Gasteiger partial charge in [-0.1, -0.05) is 6.07 Å². The zero-order chi connectivity index (χ0) is 14.8. The van der Waals surface area contributed by atoms with Gasteiger partial charge in [-0.2, -0.15) is 5.10 Å². The number of fused-ring (bicyclic) bond motifs is 1. The van der Waals surface area contributed by atoms with Crippen LogP contribution in [-0.4, -0.2) is 31.2 Å². The second kappa shape index (κ2) is 5.55. The maximum absolute atomic E-state index is 12.6. The van der Waals surface area contributed by atoms with Crippen LogP contribution < -0.4 is 15.1 Å². The van der Waals surface area contributed by atoms with Crippen molar-refractivity contribution in [1.82, 2.24) is 5.43 Å². The number of anilines is 1. The van der Waals surface area contributed by atoms with Gasteiger partial charge in [0.05, 0.1) is 12.8 Å². The first kappa shape index (κ1) is 13.6. The normalized spacial score (nSPS) is 17.7. The van der Waals surface area contributed by atoms with Crippen molar-refractivity contribution in [1.29, 1.82) is 0 Å². The monoisotopic (exact) mass is 287 g/mol. The average Bonchev–Trinajstić information content (AvgIpc) is 2.54. The molecule has 110 valence electrons. The van der Waals surface area contributed by atoms with Gasteiger partial charge in [-0.25, -0.2) is 5.43 Å². The zero-order valence-corrected chi connectivity index (χ0v) is 11.9. The van der Waals surface area contributed by atoms with E-state index < -0.39 is 0 Å². The van der Waals surface area contributed by atoms with Crippen molar-refractivity contribution in [3.8, 4) is 5.75 Å². The summed E-state index contributed by atoms with van der Waals surface area (Å²) in [5.41, 5.74) is 4.80. The second-order valence-corrected chi connectivity index (χ2v) is 5.15. The minimum absolute atomic E-state index is 0.135. The van der Waals surface area contributed by atoms with Crippen molar-refractivity contribution in [3.05, 3.63) is 23.8 Å². The molecule has 2 aliphatic heterocycles. The van der Waals surface area contributed by atoms with Crippen LogP contribution in [0.5, 0.6) is 5.75 Å². The van der Waals surface area contributed by atoms with Crippen LogP contribution in [0.15, 0.2) is 23.3 Å². The number of nitrogens with zero attached hydrogens (tertiary/aromatic N) is 2. The van der Waals surface area contributed by atoms with E-state index in [1.165, 1.54) is 0 Å². The van der Waals surface area contributed by atoms with Gasteiger partial charge < -0.3 is 9.64 Å². The summed E-state index contributed by atoms with van der Waals surface area (Å²) in [7, 11) is 1.61. The van der Waals surface area contributed by atoms with Crippen LogP contribution in [0.1, 0.15) is 24.8 Å². The fourth-order valence-corrected chi connectivity index (χ4v) is 2.68. The molecular formula is C15H17N3O3. The van der Waals surface area contributed by atoms with E-state index in [9.17, 15) is 9.59 Å². The highest BCUT2D eigenvalue weighted by Crippen LogP contribution is 2.31. The quantitative estimate of drug-likeness (QED) is 0.889. The van der Waals surface area contributed by atoms with Crippen molar-refractivity contribution in [2.24, 2.45) is 5.10 Å². The van der Waals surface area contributed by atoms with Crippen LogP contribution in [0.25, 0.3) is 0 Å². The van der Waals surface area contributed by atoms with Gasteiger partial charge in [-0.15, -0.1) is 0 Å². The van der Waals surface area contributed by atoms with E-state index in [2.05, 4.69) is 10.5 Å². The summed E-state index contributed by atoms with van der Waals surface area (Å²) >= 11 is 0. The molecule has 0 spiro atoms. The second-order valence-electron chi connectivity index (χ2n) is 5.15. The topological polar surface area (TPSA) is 71.0 Å². The smallest absolute Gasteiger partial charge is 0.274 e. The van der Waals surface area contributed by atoms with Gasteiger partial charge in [0.15, 0.2) is 0 Å². The van der Waals surface area contributed by atoms with Gasteiger partial charge in [-0.05, 0) is 24.5 Å². The van der Waals surface area contributed by atoms with E-state index in [1.807, 2.05) is 18.2 Å². The Kier molecular flexibility index (Phi) is 3.60. The summed E-state index contributed by atoms with van der Waals surface area (Å²) in [5, 5.41) is 3.90. The minimum Gasteiger partial charge on any atom is -0.497 e. The number of aryl methyl sites for hydroxylation is 1. The molecule has 0 bridgehead atoms. The molecule has 3 rings (SSSR count). The molecule has 0 saturated heterocycles. The minimum atomic E-state index is -0.146. The number of benzene rings is 1. The van der Waals surface area contributed by atoms with Gasteiger partial charge in [0.25, 0.3) is 5.91 Å². The first-order valence-corrected chi connectivity index (χ1v) is 7.03. The molecule has 2 amide bonds. The summed E-state index contributed by atoms with van der Waals surface area (Å²) in [5.74, 6) is 0.448. The van der Waals surface area contributed by atoms with Crippen LogP contribution >= 0.6 is 0 Å². The molecule has 6 heteroatoms. The third-order valence-electron chi connectivity index (χ3n) is 3.81. The first-order chi connectivity index (χ1) is 10.2. The maximum Gasteiger partial charge on any atom is 0.274 e. The third kappa shape index (κ3) is 2.61. The van der Waals surface area contributed by atoms with Gasteiger partial charge in [-0.3, -0.25) is 9.59 Å². The van der Waals surface area contributed by atoms with E-state index in [1.54, 1.807) is 12.0 Å². The lowest BCUT2D eigenvalue weighted by molar-refractivity contribution is -0.121. The lowest BCUT2D eigenvalue weighted by Gasteiger charge is -2.30. The number of carbonyl (C=O) groups excluding carboxylic acids is 2. The van der Waals surface area contributed by atoms with Crippen LogP contribution in [0, 0.1) is 0 Å². The van der Waals surface area contributed by atoms with E-state index in [0.717, 1.165) is 29.8 Å². The van der Waals surface area contributed by atoms with Gasteiger partial charge in [0.2, 0.25) is 5.91 Å². The summed E-state index contributed by atoms with van der Waals surface area (Å²) < 4.78 is 5.24. The molecule has 0 radical (unpaired) electrons. The summed E-state index contributed by atoms with van der Waals surface area (Å²) in [6, 6.07) is 5.79. The average molecular weight is 287 g/mol. The Balaban J connectivity index is 1.90. The van der Waals surface area contributed by atoms with Gasteiger partial charge in [0.1, 0.15) is 11.5 Å². The Labute approximate surface area is 122 Å². The number of hydrogen-bond acceptors (Lipinski definition) is 4. The summed E-state index contributed by atoms with van der Waals surface area (Å²) in [4.78, 5) is 25.5. The lowest BCUT2D eigenvalue weighted by Crippen LogP contribution is -2.42. The Bertz CT molecular complexity index is 625. The molecule has 1 N–H and O–H groups in total. The largest absolute Gasteiger partial charge is 0.497 e. The van der Waals surface area contributed by atoms with Crippen LogP contribution in [0.2, 0.25) is 0 Å². The Morgan fingerprint density at radius 1 is 1.33 bits per heavy atom. The van der Waals surface area contributed by atoms with Crippen molar-refractivity contribution in [2.45, 2.75) is 25.7 Å². The van der Waals surface area contributed by atoms with Crippen molar-refractivity contribution in [2.75, 3.05) is 18.6 Å². The van der Waals surface area contributed by atoms with E-state index in [-0.39, 0.29) is 11.8 Å². The first-order valence-electron chi connectivity index (χ1n) is 7.03. The predicted molar refractivity (Wildman–Crippen MR) is 78.5 cm³/mol. The van der Waals surface area contributed by atoms with Crippen molar-refractivity contribution >= 4 is 23.2 Å². The summed E-state index contributed by atoms with van der Waals surface area (Å²) in [6.45, 7) is 0.659. The lowest BCUT2D eigenvalue weighted by atomic mass is 10.00. The number of ether oxygens (including phenoxy) is 1. The van der Waals surface area contributed by atoms with Crippen LogP contribution in [-0.2, 0) is 16.0 Å². The Morgan fingerprint density at radius 2 is 2.19 bits per heavy atom. The van der Waals surface area contributed by atoms with Crippen LogP contribution in [0.4, 0.5) is 5.69 Å². The van der Waals surface area contributed by atoms with Crippen molar-refractivity contribution in [3.63, 3.8) is 0 Å². The highest BCUT2D eigenvalue weighted by molar-refractivity contribution is 6.44. The van der Waals surface area contributed by atoms with E-state index in [0.29, 0.717) is 25.1 Å². The highest BCUT2D eigenvalue weighted by Gasteiger charge is 2.28. The molecule has 0 saturated carbocycles. The third-order valence-corrected chi connectivity index (χ3v) is 3.81. The molecule has 0 fully saturated rings. The number of carbonyl (C=O) groups is 2. The number of hydrazone groups is 1. The molecule has 1 aromatic rings. The molecule has 0 aromatic heterocycles. The molecule has 2 aliphatic rings. The Hall–Kier alpha value is -2.37. The SMILES string of the molecule is COc1ccc2c(c1)N(C(=O)C1=NNC(=O)CC1)CCC2. The molecule has 0 atom stereocenters. The van der Waals surface area contributed by atoms with Gasteiger partial charge >= 0.3 is 0 Å². The van der Waals surface area contributed by atoms with E-state index >= 15 is 0 Å². The highest BCUT2D eigenvalue weighted by atomic mass is 16.5. The zero-order valence-electron chi connectivity index (χ0n) is 11.9. The standard InChI is InChI=1S/C15H17N3O3/c1-21-11-5-4-10-3-2-8-18(13(10)9-11)15(20)12-6-7-14(19)17-16-12/h4-5,9H,2-3,6-8H2,1H3,(H,17,19). The number of rotatable bonds is 2. The van der Waals surface area contributed by atoms with Crippen molar-refractivity contribution < 1.29 is 14.3 Å². The molecule has 0 aliphatic carbocycles. The van der Waals surface area contributed by atoms with Gasteiger partial charge in [0, 0.05) is 25.5 Å². The predicted octanol–water partition coefficient (Wildman–Crippen LogP) is 1.24. The molecule has 21 heavy (non-hydrogen) atoms. The maximum atomic E-state index is 12.6. The molecular weight excluding hydrogens is 270 g/mol. The fourth-order valence-electron chi connectivity index (χ4n) is 2.68. The molecule has 6 nitrogen and oxygen atoms in total.